The molecule has 0 bridgehead atoms. The van der Waals surface area contributed by atoms with Crippen molar-refractivity contribution in [2.24, 2.45) is 17.8 Å². The third-order valence-electron chi connectivity index (χ3n) is 6.87. The number of rotatable bonds is 6. The average Bonchev–Trinajstić information content (AvgIpc) is 3.18. The molecule has 3 fully saturated rings. The minimum atomic E-state index is -0.413. The number of nitrogens with zero attached hydrogens (tertiary/aromatic N) is 2. The first kappa shape index (κ1) is 20.3. The predicted molar refractivity (Wildman–Crippen MR) is 107 cm³/mol. The van der Waals surface area contributed by atoms with Gasteiger partial charge in [-0.2, -0.15) is 0 Å². The fraction of sp³-hybridized carbons (Fsp3) is 0.636. The summed E-state index contributed by atoms with van der Waals surface area (Å²) in [5.41, 5.74) is 0.335. The molecule has 1 aliphatic carbocycles. The molecule has 1 N–H and O–H groups in total. The van der Waals surface area contributed by atoms with Crippen molar-refractivity contribution in [2.75, 3.05) is 45.9 Å². The zero-order chi connectivity index (χ0) is 20.4. The van der Waals surface area contributed by atoms with Crippen LogP contribution in [-0.4, -0.2) is 73.6 Å². The zero-order valence-electron chi connectivity index (χ0n) is 17.0. The van der Waals surface area contributed by atoms with E-state index < -0.39 is 5.82 Å². The second-order valence-electron chi connectivity index (χ2n) is 8.57. The fourth-order valence-corrected chi connectivity index (χ4v) is 5.25. The second-order valence-corrected chi connectivity index (χ2v) is 8.57. The SMILES string of the molecule is C[C@H]1C[C@@H]2[C@@H](CC(=O)N2CCN2CCOCC2)[C@@H]1CNC(=O)c1cccc(F)c1. The molecule has 1 aromatic carbocycles. The molecule has 1 saturated carbocycles. The number of hydrogen-bond donors (Lipinski definition) is 1. The lowest BCUT2D eigenvalue weighted by molar-refractivity contribution is -0.129. The number of nitrogens with one attached hydrogen (secondary N) is 1. The number of fused-ring (bicyclic) bond motifs is 1. The number of likely N-dealkylation sites (tertiary alicyclic amines) is 1. The molecule has 0 spiro atoms. The van der Waals surface area contributed by atoms with Crippen molar-refractivity contribution in [1.82, 2.24) is 15.1 Å². The highest BCUT2D eigenvalue weighted by Crippen LogP contribution is 2.45. The van der Waals surface area contributed by atoms with E-state index in [4.69, 9.17) is 4.74 Å². The molecule has 2 heterocycles. The van der Waals surface area contributed by atoms with Crippen LogP contribution in [0.4, 0.5) is 4.39 Å². The molecular formula is C22H30FN3O3. The molecule has 6 nitrogen and oxygen atoms in total. The van der Waals surface area contributed by atoms with Crippen LogP contribution in [0.3, 0.4) is 0 Å². The van der Waals surface area contributed by atoms with Crippen LogP contribution in [0.5, 0.6) is 0 Å². The summed E-state index contributed by atoms with van der Waals surface area (Å²) in [4.78, 5) is 29.5. The Morgan fingerprint density at radius 2 is 2.07 bits per heavy atom. The van der Waals surface area contributed by atoms with Crippen molar-refractivity contribution >= 4 is 11.8 Å². The summed E-state index contributed by atoms with van der Waals surface area (Å²) < 4.78 is 18.8. The van der Waals surface area contributed by atoms with Crippen LogP contribution in [0, 0.1) is 23.6 Å². The zero-order valence-corrected chi connectivity index (χ0v) is 17.0. The normalized spacial score (nSPS) is 29.9. The molecule has 4 atom stereocenters. The summed E-state index contributed by atoms with van der Waals surface area (Å²) in [5.74, 6) is 0.571. The van der Waals surface area contributed by atoms with Crippen LogP contribution in [0.1, 0.15) is 30.1 Å². The van der Waals surface area contributed by atoms with Crippen molar-refractivity contribution < 1.29 is 18.7 Å². The summed E-state index contributed by atoms with van der Waals surface area (Å²) in [5, 5.41) is 2.97. The van der Waals surface area contributed by atoms with E-state index in [1.54, 1.807) is 12.1 Å². The van der Waals surface area contributed by atoms with Gasteiger partial charge in [0.2, 0.25) is 5.91 Å². The molecule has 29 heavy (non-hydrogen) atoms. The van der Waals surface area contributed by atoms with Crippen LogP contribution in [0.25, 0.3) is 0 Å². The van der Waals surface area contributed by atoms with Gasteiger partial charge in [-0.05, 0) is 42.4 Å². The van der Waals surface area contributed by atoms with E-state index in [9.17, 15) is 14.0 Å². The van der Waals surface area contributed by atoms with Crippen LogP contribution < -0.4 is 5.32 Å². The highest BCUT2D eigenvalue weighted by molar-refractivity contribution is 5.94. The Labute approximate surface area is 171 Å². The van der Waals surface area contributed by atoms with Gasteiger partial charge in [-0.3, -0.25) is 14.5 Å². The van der Waals surface area contributed by atoms with Crippen LogP contribution in [-0.2, 0) is 9.53 Å². The minimum Gasteiger partial charge on any atom is -0.379 e. The van der Waals surface area contributed by atoms with E-state index in [0.717, 1.165) is 45.8 Å². The maximum Gasteiger partial charge on any atom is 0.251 e. The lowest BCUT2D eigenvalue weighted by Gasteiger charge is -2.31. The van der Waals surface area contributed by atoms with E-state index >= 15 is 0 Å². The third-order valence-corrected chi connectivity index (χ3v) is 6.87. The molecule has 0 unspecified atom stereocenters. The number of morpholine rings is 1. The average molecular weight is 403 g/mol. The maximum absolute atomic E-state index is 13.4. The molecule has 4 rings (SSSR count). The Hall–Kier alpha value is -1.99. The van der Waals surface area contributed by atoms with Crippen LogP contribution in [0.2, 0.25) is 0 Å². The molecule has 2 aliphatic heterocycles. The van der Waals surface area contributed by atoms with Gasteiger partial charge in [0.25, 0.3) is 5.91 Å². The molecule has 2 saturated heterocycles. The predicted octanol–water partition coefficient (Wildman–Crippen LogP) is 1.76. The Morgan fingerprint density at radius 1 is 1.28 bits per heavy atom. The molecular weight excluding hydrogens is 373 g/mol. The van der Waals surface area contributed by atoms with E-state index in [1.807, 2.05) is 0 Å². The van der Waals surface area contributed by atoms with Gasteiger partial charge in [0.1, 0.15) is 5.82 Å². The highest BCUT2D eigenvalue weighted by atomic mass is 19.1. The van der Waals surface area contributed by atoms with Gasteiger partial charge in [0, 0.05) is 50.7 Å². The standard InChI is InChI=1S/C22H30FN3O3/c1-15-11-20-18(13-21(27)26(20)6-5-25-7-9-29-10-8-25)19(15)14-24-22(28)16-3-2-4-17(23)12-16/h2-4,12,15,18-20H,5-11,13-14H2,1H3,(H,24,28)/t15-,18-,19+,20+/m0/s1. The lowest BCUT2D eigenvalue weighted by Crippen LogP contribution is -2.44. The topological polar surface area (TPSA) is 61.9 Å². The Morgan fingerprint density at radius 3 is 2.83 bits per heavy atom. The Balaban J connectivity index is 1.33. The van der Waals surface area contributed by atoms with Gasteiger partial charge in [-0.15, -0.1) is 0 Å². The molecule has 158 valence electrons. The minimum absolute atomic E-state index is 0.238. The smallest absolute Gasteiger partial charge is 0.251 e. The number of halogens is 1. The first-order chi connectivity index (χ1) is 14.0. The molecule has 3 aliphatic rings. The molecule has 0 radical (unpaired) electrons. The van der Waals surface area contributed by atoms with E-state index in [-0.39, 0.29) is 29.7 Å². The highest BCUT2D eigenvalue weighted by Gasteiger charge is 2.50. The summed E-state index contributed by atoms with van der Waals surface area (Å²) in [6, 6.07) is 6.01. The Bertz CT molecular complexity index is 753. The van der Waals surface area contributed by atoms with Gasteiger partial charge in [-0.25, -0.2) is 4.39 Å². The second kappa shape index (κ2) is 8.79. The lowest BCUT2D eigenvalue weighted by atomic mass is 9.88. The molecule has 0 aromatic heterocycles. The van der Waals surface area contributed by atoms with Crippen LogP contribution in [0.15, 0.2) is 24.3 Å². The first-order valence-electron chi connectivity index (χ1n) is 10.7. The summed E-state index contributed by atoms with van der Waals surface area (Å²) in [7, 11) is 0. The van der Waals surface area contributed by atoms with Gasteiger partial charge < -0.3 is 15.0 Å². The van der Waals surface area contributed by atoms with E-state index in [2.05, 4.69) is 22.0 Å². The largest absolute Gasteiger partial charge is 0.379 e. The molecule has 2 amide bonds. The number of carbonyl (C=O) groups excluding carboxylic acids is 2. The monoisotopic (exact) mass is 403 g/mol. The van der Waals surface area contributed by atoms with Gasteiger partial charge >= 0.3 is 0 Å². The van der Waals surface area contributed by atoms with Gasteiger partial charge in [0.05, 0.1) is 13.2 Å². The van der Waals surface area contributed by atoms with Crippen molar-refractivity contribution in [2.45, 2.75) is 25.8 Å². The van der Waals surface area contributed by atoms with Crippen LogP contribution >= 0.6 is 0 Å². The fourth-order valence-electron chi connectivity index (χ4n) is 5.25. The van der Waals surface area contributed by atoms with Crippen molar-refractivity contribution in [3.8, 4) is 0 Å². The maximum atomic E-state index is 13.4. The van der Waals surface area contributed by atoms with Crippen molar-refractivity contribution in [1.29, 1.82) is 0 Å². The molecule has 1 aromatic rings. The van der Waals surface area contributed by atoms with E-state index in [1.165, 1.54) is 12.1 Å². The van der Waals surface area contributed by atoms with E-state index in [0.29, 0.717) is 24.4 Å². The number of amides is 2. The molecule has 7 heteroatoms. The Kier molecular flexibility index (Phi) is 6.15. The van der Waals surface area contributed by atoms with Crippen molar-refractivity contribution in [3.63, 3.8) is 0 Å². The summed E-state index contributed by atoms with van der Waals surface area (Å²) in [6.45, 7) is 7.81. The number of hydrogen-bond acceptors (Lipinski definition) is 4. The van der Waals surface area contributed by atoms with Crippen molar-refractivity contribution in [3.05, 3.63) is 35.6 Å². The number of carbonyl (C=O) groups is 2. The quantitative estimate of drug-likeness (QED) is 0.786. The number of ether oxygens (including phenoxy) is 1. The summed E-state index contributed by atoms with van der Waals surface area (Å²) >= 11 is 0. The third kappa shape index (κ3) is 4.46. The summed E-state index contributed by atoms with van der Waals surface area (Å²) in [6.07, 6.45) is 1.55. The first-order valence-corrected chi connectivity index (χ1v) is 10.7. The van der Waals surface area contributed by atoms with Gasteiger partial charge in [0.15, 0.2) is 0 Å². The number of benzene rings is 1. The van der Waals surface area contributed by atoms with Gasteiger partial charge in [-0.1, -0.05) is 13.0 Å².